The van der Waals surface area contributed by atoms with Crippen molar-refractivity contribution in [2.75, 3.05) is 26.1 Å². The molecule has 1 aliphatic carbocycles. The summed E-state index contributed by atoms with van der Waals surface area (Å²) >= 11 is 0. The van der Waals surface area contributed by atoms with Gasteiger partial charge in [-0.3, -0.25) is 9.48 Å². The molecule has 0 atom stereocenters. The fourth-order valence-electron chi connectivity index (χ4n) is 4.57. The molecule has 1 N–H and O–H groups in total. The molecule has 43 heavy (non-hydrogen) atoms. The van der Waals surface area contributed by atoms with Crippen molar-refractivity contribution in [2.24, 2.45) is 0 Å². The summed E-state index contributed by atoms with van der Waals surface area (Å²) in [7, 11) is 3.11. The number of hydrogen-bond acceptors (Lipinski definition) is 9. The predicted octanol–water partition coefficient (Wildman–Crippen LogP) is 5.22. The molecule has 1 fully saturated rings. The highest BCUT2D eigenvalue weighted by molar-refractivity contribution is 5.90. The van der Waals surface area contributed by atoms with Gasteiger partial charge in [-0.2, -0.15) is 5.10 Å². The molecule has 12 heteroatoms. The summed E-state index contributed by atoms with van der Waals surface area (Å²) in [5.74, 6) is 1.55. The molecule has 0 radical (unpaired) electrons. The van der Waals surface area contributed by atoms with Gasteiger partial charge in [-0.05, 0) is 63.8 Å². The molecule has 2 heterocycles. The molecule has 2 amide bonds. The van der Waals surface area contributed by atoms with E-state index in [1.807, 2.05) is 49.9 Å². The van der Waals surface area contributed by atoms with Crippen LogP contribution in [0.4, 0.5) is 10.5 Å². The zero-order valence-corrected chi connectivity index (χ0v) is 25.0. The van der Waals surface area contributed by atoms with E-state index < -0.39 is 5.60 Å². The van der Waals surface area contributed by atoms with Crippen molar-refractivity contribution in [3.05, 3.63) is 60.7 Å². The summed E-state index contributed by atoms with van der Waals surface area (Å²) in [5, 5.41) is 7.82. The Bertz CT molecular complexity index is 1610. The van der Waals surface area contributed by atoms with Gasteiger partial charge < -0.3 is 29.2 Å². The van der Waals surface area contributed by atoms with Crippen LogP contribution >= 0.6 is 0 Å². The van der Waals surface area contributed by atoms with E-state index in [2.05, 4.69) is 20.4 Å². The number of aromatic nitrogens is 4. The summed E-state index contributed by atoms with van der Waals surface area (Å²) in [6, 6.07) is 11.3. The van der Waals surface area contributed by atoms with Gasteiger partial charge in [-0.15, -0.1) is 0 Å². The molecule has 12 nitrogen and oxygen atoms in total. The lowest BCUT2D eigenvalue weighted by molar-refractivity contribution is -0.116. The van der Waals surface area contributed by atoms with Crippen molar-refractivity contribution in [3.8, 4) is 23.1 Å². The molecule has 0 saturated heterocycles. The number of ether oxygens (including phenoxy) is 4. The van der Waals surface area contributed by atoms with Crippen LogP contribution in [0.25, 0.3) is 10.9 Å². The van der Waals surface area contributed by atoms with Crippen LogP contribution in [0.1, 0.15) is 39.2 Å². The van der Waals surface area contributed by atoms with Gasteiger partial charge in [0.1, 0.15) is 18.5 Å². The van der Waals surface area contributed by atoms with E-state index in [1.54, 1.807) is 32.5 Å². The Balaban J connectivity index is 1.18. The first-order valence-electron chi connectivity index (χ1n) is 14.1. The largest absolute Gasteiger partial charge is 0.493 e. The van der Waals surface area contributed by atoms with Gasteiger partial charge in [-0.1, -0.05) is 12.1 Å². The number of hydrogen-bond donors (Lipinski definition) is 1. The van der Waals surface area contributed by atoms with E-state index in [1.165, 1.54) is 17.2 Å². The maximum Gasteiger partial charge on any atom is 0.410 e. The lowest BCUT2D eigenvalue weighted by atomic mass is 10.1. The number of carbonyl (C=O) groups is 2. The molecule has 0 bridgehead atoms. The van der Waals surface area contributed by atoms with Gasteiger partial charge in [0, 0.05) is 24.3 Å². The third kappa shape index (κ3) is 7.70. The van der Waals surface area contributed by atoms with Crippen molar-refractivity contribution < 1.29 is 28.5 Å². The average Bonchev–Trinajstić information content (AvgIpc) is 3.70. The maximum absolute atomic E-state index is 12.8. The van der Waals surface area contributed by atoms with Crippen molar-refractivity contribution in [1.82, 2.24) is 24.6 Å². The highest BCUT2D eigenvalue weighted by Gasteiger charge is 2.34. The van der Waals surface area contributed by atoms with E-state index in [-0.39, 0.29) is 24.6 Å². The van der Waals surface area contributed by atoms with Crippen molar-refractivity contribution in [2.45, 2.75) is 58.2 Å². The average molecular weight is 589 g/mol. The van der Waals surface area contributed by atoms with E-state index >= 15 is 0 Å². The summed E-state index contributed by atoms with van der Waals surface area (Å²) < 4.78 is 23.8. The fourth-order valence-corrected chi connectivity index (χ4v) is 4.57. The second-order valence-electron chi connectivity index (χ2n) is 11.3. The molecule has 0 spiro atoms. The SMILES string of the molecule is COc1cc2ncnc(Oc3cnn(CC(=O)Nc4cccc(CCN(C(=O)OC(C)(C)C)C5CC5)c4)c3)c2cc1OC. The first-order valence-corrected chi connectivity index (χ1v) is 14.1. The highest BCUT2D eigenvalue weighted by Crippen LogP contribution is 2.35. The number of carbonyl (C=O) groups excluding carboxylic acids is 2. The van der Waals surface area contributed by atoms with Crippen LogP contribution in [-0.4, -0.2) is 69.1 Å². The summed E-state index contributed by atoms with van der Waals surface area (Å²) in [4.78, 5) is 35.8. The van der Waals surface area contributed by atoms with E-state index in [9.17, 15) is 9.59 Å². The van der Waals surface area contributed by atoms with Gasteiger partial charge in [0.2, 0.25) is 11.8 Å². The smallest absolute Gasteiger partial charge is 0.410 e. The van der Waals surface area contributed by atoms with Gasteiger partial charge >= 0.3 is 6.09 Å². The van der Waals surface area contributed by atoms with Gasteiger partial charge in [-0.25, -0.2) is 14.8 Å². The Morgan fingerprint density at radius 1 is 1.07 bits per heavy atom. The summed E-state index contributed by atoms with van der Waals surface area (Å²) in [6.07, 6.45) is 6.89. The monoisotopic (exact) mass is 588 g/mol. The molecule has 5 rings (SSSR count). The minimum absolute atomic E-state index is 0.0166. The van der Waals surface area contributed by atoms with Gasteiger partial charge in [0.15, 0.2) is 17.2 Å². The van der Waals surface area contributed by atoms with Gasteiger partial charge in [0.25, 0.3) is 0 Å². The molecule has 2 aromatic heterocycles. The Morgan fingerprint density at radius 2 is 1.84 bits per heavy atom. The van der Waals surface area contributed by atoms with Crippen molar-refractivity contribution in [1.29, 1.82) is 0 Å². The number of amides is 2. The Labute approximate surface area is 249 Å². The van der Waals surface area contributed by atoms with Crippen LogP contribution in [0.3, 0.4) is 0 Å². The number of benzene rings is 2. The van der Waals surface area contributed by atoms with Crippen LogP contribution in [-0.2, 0) is 22.5 Å². The molecule has 1 aliphatic rings. The quantitative estimate of drug-likeness (QED) is 0.251. The second kappa shape index (κ2) is 12.6. The van der Waals surface area contributed by atoms with Crippen molar-refractivity contribution in [3.63, 3.8) is 0 Å². The number of fused-ring (bicyclic) bond motifs is 1. The van der Waals surface area contributed by atoms with E-state index in [0.717, 1.165) is 18.4 Å². The molecule has 0 aliphatic heterocycles. The number of methoxy groups -OCH3 is 2. The minimum Gasteiger partial charge on any atom is -0.493 e. The summed E-state index contributed by atoms with van der Waals surface area (Å²) in [6.45, 7) is 6.14. The number of rotatable bonds is 11. The first kappa shape index (κ1) is 29.6. The second-order valence-corrected chi connectivity index (χ2v) is 11.3. The van der Waals surface area contributed by atoms with Crippen LogP contribution in [0.5, 0.6) is 23.1 Å². The first-order chi connectivity index (χ1) is 20.6. The third-order valence-electron chi connectivity index (χ3n) is 6.70. The number of nitrogens with zero attached hydrogens (tertiary/aromatic N) is 5. The molecule has 4 aromatic rings. The van der Waals surface area contributed by atoms with E-state index in [4.69, 9.17) is 18.9 Å². The van der Waals surface area contributed by atoms with Crippen LogP contribution in [0, 0.1) is 0 Å². The highest BCUT2D eigenvalue weighted by atomic mass is 16.6. The van der Waals surface area contributed by atoms with Crippen LogP contribution in [0.2, 0.25) is 0 Å². The molecule has 226 valence electrons. The molecule has 1 saturated carbocycles. The normalized spacial score (nSPS) is 13.0. The molecular formula is C31H36N6O6. The number of nitrogens with one attached hydrogen (secondary N) is 1. The van der Waals surface area contributed by atoms with E-state index in [0.29, 0.717) is 52.7 Å². The number of anilines is 1. The Morgan fingerprint density at radius 3 is 2.56 bits per heavy atom. The third-order valence-corrected chi connectivity index (χ3v) is 6.70. The molecule has 2 aromatic carbocycles. The summed E-state index contributed by atoms with van der Waals surface area (Å²) in [5.41, 5.74) is 1.76. The zero-order chi connectivity index (χ0) is 30.6. The molecule has 0 unspecified atom stereocenters. The van der Waals surface area contributed by atoms with Gasteiger partial charge in [0.05, 0.1) is 37.5 Å². The molecular weight excluding hydrogens is 552 g/mol. The lowest BCUT2D eigenvalue weighted by Gasteiger charge is -2.27. The predicted molar refractivity (Wildman–Crippen MR) is 160 cm³/mol. The Hall–Kier alpha value is -4.87. The Kier molecular flexibility index (Phi) is 8.65. The fraction of sp³-hybridized carbons (Fsp3) is 0.387. The minimum atomic E-state index is -0.539. The standard InChI is InChI=1S/C31H36N6O6/c1-31(2,3)43-30(39)37(22-9-10-22)12-11-20-7-6-8-21(13-20)35-28(38)18-36-17-23(16-34-36)42-29-24-14-26(40-4)27(41-5)15-25(24)32-19-33-29/h6-8,13-17,19,22H,9-12,18H2,1-5H3,(H,35,38). The lowest BCUT2D eigenvalue weighted by Crippen LogP contribution is -2.39. The van der Waals surface area contributed by atoms with Crippen LogP contribution in [0.15, 0.2) is 55.1 Å². The van der Waals surface area contributed by atoms with Crippen LogP contribution < -0.4 is 19.5 Å². The zero-order valence-electron chi connectivity index (χ0n) is 25.0. The maximum atomic E-state index is 12.8. The van der Waals surface area contributed by atoms with Crippen molar-refractivity contribution >= 4 is 28.6 Å². The topological polar surface area (TPSA) is 130 Å².